The Balaban J connectivity index is 3.91. The summed E-state index contributed by atoms with van der Waals surface area (Å²) < 4.78 is 35.3. The summed E-state index contributed by atoms with van der Waals surface area (Å²) in [6, 6.07) is -0.786. The van der Waals surface area contributed by atoms with Crippen molar-refractivity contribution in [1.82, 2.24) is 10.6 Å². The van der Waals surface area contributed by atoms with E-state index < -0.39 is 18.8 Å². The summed E-state index contributed by atoms with van der Waals surface area (Å²) >= 11 is 0. The van der Waals surface area contributed by atoms with Crippen LogP contribution in [0.5, 0.6) is 0 Å². The minimum Gasteiger partial charge on any atom is -0.338 e. The Hall–Kier alpha value is -0.940. The van der Waals surface area contributed by atoms with Gasteiger partial charge in [-0.1, -0.05) is 27.7 Å². The van der Waals surface area contributed by atoms with Gasteiger partial charge in [0.25, 0.3) is 0 Å². The normalized spacial score (nSPS) is 12.8. The SMILES string of the molecule is CC(C)C(C)(C)CNC(=O)NCC(F)(F)F. The van der Waals surface area contributed by atoms with E-state index >= 15 is 0 Å². The van der Waals surface area contributed by atoms with Crippen molar-refractivity contribution in [3.05, 3.63) is 0 Å². The summed E-state index contributed by atoms with van der Waals surface area (Å²) in [5, 5.41) is 4.19. The maximum atomic E-state index is 11.8. The average molecular weight is 240 g/mol. The highest BCUT2D eigenvalue weighted by Gasteiger charge is 2.28. The van der Waals surface area contributed by atoms with E-state index in [2.05, 4.69) is 5.32 Å². The molecule has 2 N–H and O–H groups in total. The van der Waals surface area contributed by atoms with E-state index in [1.807, 2.05) is 27.7 Å². The summed E-state index contributed by atoms with van der Waals surface area (Å²) in [5.41, 5.74) is -0.143. The van der Waals surface area contributed by atoms with Crippen molar-refractivity contribution in [3.8, 4) is 0 Å². The van der Waals surface area contributed by atoms with Crippen molar-refractivity contribution in [2.75, 3.05) is 13.1 Å². The van der Waals surface area contributed by atoms with Crippen molar-refractivity contribution in [1.29, 1.82) is 0 Å². The van der Waals surface area contributed by atoms with Crippen LogP contribution in [0.2, 0.25) is 0 Å². The zero-order chi connectivity index (χ0) is 13.0. The zero-order valence-corrected chi connectivity index (χ0v) is 10.0. The first-order chi connectivity index (χ1) is 7.04. The van der Waals surface area contributed by atoms with Crippen molar-refractivity contribution >= 4 is 6.03 Å². The van der Waals surface area contributed by atoms with Gasteiger partial charge in [-0.15, -0.1) is 0 Å². The van der Waals surface area contributed by atoms with Gasteiger partial charge in [0.1, 0.15) is 6.54 Å². The quantitative estimate of drug-likeness (QED) is 0.779. The number of nitrogens with one attached hydrogen (secondary N) is 2. The van der Waals surface area contributed by atoms with E-state index in [-0.39, 0.29) is 5.41 Å². The fraction of sp³-hybridized carbons (Fsp3) is 0.900. The molecule has 0 aromatic heterocycles. The van der Waals surface area contributed by atoms with Crippen LogP contribution in [0.4, 0.5) is 18.0 Å². The Bertz CT molecular complexity index is 237. The second-order valence-corrected chi connectivity index (χ2v) is 4.79. The lowest BCUT2D eigenvalue weighted by Gasteiger charge is -2.29. The van der Waals surface area contributed by atoms with Crippen LogP contribution in [-0.2, 0) is 0 Å². The van der Waals surface area contributed by atoms with Crippen molar-refractivity contribution in [2.45, 2.75) is 33.9 Å². The van der Waals surface area contributed by atoms with Gasteiger partial charge in [0.15, 0.2) is 0 Å². The minimum atomic E-state index is -4.37. The molecule has 0 bridgehead atoms. The van der Waals surface area contributed by atoms with Crippen molar-refractivity contribution < 1.29 is 18.0 Å². The molecule has 0 spiro atoms. The highest BCUT2D eigenvalue weighted by atomic mass is 19.4. The lowest BCUT2D eigenvalue weighted by atomic mass is 9.81. The lowest BCUT2D eigenvalue weighted by molar-refractivity contribution is -0.122. The predicted octanol–water partition coefficient (Wildman–Crippen LogP) is 2.53. The van der Waals surface area contributed by atoms with E-state index in [0.717, 1.165) is 0 Å². The molecule has 3 nitrogen and oxygen atoms in total. The smallest absolute Gasteiger partial charge is 0.338 e. The van der Waals surface area contributed by atoms with Gasteiger partial charge < -0.3 is 10.6 Å². The Morgan fingerprint density at radius 2 is 1.56 bits per heavy atom. The minimum absolute atomic E-state index is 0.143. The highest BCUT2D eigenvalue weighted by Crippen LogP contribution is 2.24. The summed E-state index contributed by atoms with van der Waals surface area (Å²) in [5.74, 6) is 0.329. The molecule has 0 aromatic carbocycles. The van der Waals surface area contributed by atoms with E-state index in [9.17, 15) is 18.0 Å². The van der Waals surface area contributed by atoms with E-state index in [1.165, 1.54) is 0 Å². The van der Waals surface area contributed by atoms with Crippen LogP contribution in [-0.4, -0.2) is 25.3 Å². The molecule has 6 heteroatoms. The number of urea groups is 1. The molecule has 96 valence electrons. The molecule has 0 atom stereocenters. The monoisotopic (exact) mass is 240 g/mol. The Kier molecular flexibility index (Phi) is 5.09. The number of carbonyl (C=O) groups excluding carboxylic acids is 1. The van der Waals surface area contributed by atoms with Crippen LogP contribution in [0.3, 0.4) is 0 Å². The van der Waals surface area contributed by atoms with E-state index in [4.69, 9.17) is 0 Å². The van der Waals surface area contributed by atoms with Gasteiger partial charge in [-0.3, -0.25) is 0 Å². The first-order valence-electron chi connectivity index (χ1n) is 5.13. The van der Waals surface area contributed by atoms with Crippen LogP contribution >= 0.6 is 0 Å². The molecule has 0 aromatic rings. The average Bonchev–Trinajstić information content (AvgIpc) is 2.10. The van der Waals surface area contributed by atoms with Gasteiger partial charge in [0, 0.05) is 6.54 Å². The first-order valence-corrected chi connectivity index (χ1v) is 5.13. The molecule has 0 unspecified atom stereocenters. The molecule has 0 aliphatic carbocycles. The molecular weight excluding hydrogens is 221 g/mol. The molecule has 16 heavy (non-hydrogen) atoms. The van der Waals surface area contributed by atoms with Gasteiger partial charge in [0.05, 0.1) is 0 Å². The largest absolute Gasteiger partial charge is 0.405 e. The second-order valence-electron chi connectivity index (χ2n) is 4.79. The van der Waals surface area contributed by atoms with Crippen LogP contribution in [0, 0.1) is 11.3 Å². The summed E-state index contributed by atoms with van der Waals surface area (Å²) in [6.07, 6.45) is -4.37. The molecule has 0 heterocycles. The first kappa shape index (κ1) is 15.1. The van der Waals surface area contributed by atoms with Gasteiger partial charge in [0.2, 0.25) is 0 Å². The summed E-state index contributed by atoms with van der Waals surface area (Å²) in [7, 11) is 0. The highest BCUT2D eigenvalue weighted by molar-refractivity contribution is 5.73. The third-order valence-corrected chi connectivity index (χ3v) is 2.72. The van der Waals surface area contributed by atoms with Gasteiger partial charge in [-0.25, -0.2) is 4.79 Å². The Morgan fingerprint density at radius 1 is 1.12 bits per heavy atom. The second kappa shape index (κ2) is 5.41. The maximum absolute atomic E-state index is 11.8. The molecule has 2 amide bonds. The fourth-order valence-corrected chi connectivity index (χ4v) is 0.755. The molecule has 0 aliphatic rings. The maximum Gasteiger partial charge on any atom is 0.405 e. The van der Waals surface area contributed by atoms with Crippen LogP contribution in [0.15, 0.2) is 0 Å². The molecule has 0 fully saturated rings. The zero-order valence-electron chi connectivity index (χ0n) is 10.0. The lowest BCUT2D eigenvalue weighted by Crippen LogP contribution is -2.45. The number of hydrogen-bond acceptors (Lipinski definition) is 1. The molecule has 0 saturated carbocycles. The molecule has 0 aliphatic heterocycles. The Labute approximate surface area is 93.8 Å². The van der Waals surface area contributed by atoms with Crippen molar-refractivity contribution in [3.63, 3.8) is 0 Å². The number of halogens is 3. The van der Waals surface area contributed by atoms with Crippen LogP contribution < -0.4 is 10.6 Å². The van der Waals surface area contributed by atoms with E-state index in [0.29, 0.717) is 12.5 Å². The van der Waals surface area contributed by atoms with Crippen LogP contribution in [0.1, 0.15) is 27.7 Å². The van der Waals surface area contributed by atoms with E-state index in [1.54, 1.807) is 5.32 Å². The van der Waals surface area contributed by atoms with Crippen LogP contribution in [0.25, 0.3) is 0 Å². The molecule has 0 radical (unpaired) electrons. The number of carbonyl (C=O) groups is 1. The third-order valence-electron chi connectivity index (χ3n) is 2.72. The number of amides is 2. The molecular formula is C10H19F3N2O. The molecule has 0 rings (SSSR count). The summed E-state index contributed by atoms with van der Waals surface area (Å²) in [4.78, 5) is 11.0. The van der Waals surface area contributed by atoms with Gasteiger partial charge in [-0.2, -0.15) is 13.2 Å². The third kappa shape index (κ3) is 6.53. The number of hydrogen-bond donors (Lipinski definition) is 2. The van der Waals surface area contributed by atoms with Gasteiger partial charge >= 0.3 is 12.2 Å². The predicted molar refractivity (Wildman–Crippen MR) is 56.1 cm³/mol. The molecule has 0 saturated heterocycles. The fourth-order valence-electron chi connectivity index (χ4n) is 0.755. The van der Waals surface area contributed by atoms with Gasteiger partial charge in [-0.05, 0) is 11.3 Å². The van der Waals surface area contributed by atoms with Crippen molar-refractivity contribution in [2.24, 2.45) is 11.3 Å². The standard InChI is InChI=1S/C10H19F3N2O/c1-7(2)9(3,4)5-14-8(16)15-6-10(11,12)13/h7H,5-6H2,1-4H3,(H2,14,15,16). The topological polar surface area (TPSA) is 41.1 Å². The Morgan fingerprint density at radius 3 is 1.94 bits per heavy atom. The summed E-state index contributed by atoms with van der Waals surface area (Å²) in [6.45, 7) is 6.92. The number of alkyl halides is 3. The number of rotatable bonds is 4.